The van der Waals surface area contributed by atoms with Crippen molar-refractivity contribution in [3.05, 3.63) is 132 Å². The van der Waals surface area contributed by atoms with Crippen LogP contribution < -0.4 is 15.1 Å². The van der Waals surface area contributed by atoms with Gasteiger partial charge in [0.1, 0.15) is 5.82 Å². The van der Waals surface area contributed by atoms with Crippen molar-refractivity contribution < 1.29 is 38.3 Å². The molecule has 6 atom stereocenters. The van der Waals surface area contributed by atoms with Gasteiger partial charge in [0.2, 0.25) is 11.8 Å². The van der Waals surface area contributed by atoms with Crippen molar-refractivity contribution in [2.45, 2.75) is 24.2 Å². The van der Waals surface area contributed by atoms with E-state index in [9.17, 15) is 34.0 Å². The zero-order valence-corrected chi connectivity index (χ0v) is 31.2. The molecule has 4 amide bonds. The highest BCUT2D eigenvalue weighted by Crippen LogP contribution is 2.64. The number of carbonyl (C=O) groups is 4. The molecule has 0 radical (unpaired) electrons. The molecule has 4 aliphatic rings. The second-order valence-corrected chi connectivity index (χ2v) is 15.3. The molecule has 0 spiro atoms. The van der Waals surface area contributed by atoms with Crippen LogP contribution >= 0.6 is 34.2 Å². The molecule has 2 aliphatic heterocycles. The minimum atomic E-state index is -1.64. The van der Waals surface area contributed by atoms with Gasteiger partial charge >= 0.3 is 0 Å². The van der Waals surface area contributed by atoms with Gasteiger partial charge in [-0.25, -0.2) is 9.29 Å². The number of allylic oxidation sites excluding steroid dienone is 2. The Morgan fingerprint density at radius 2 is 1.70 bits per heavy atom. The van der Waals surface area contributed by atoms with Crippen molar-refractivity contribution in [1.82, 2.24) is 5.01 Å². The summed E-state index contributed by atoms with van der Waals surface area (Å²) < 4.78 is 19.9. The number of hydrogen-bond acceptors (Lipinski definition) is 9. The first kappa shape index (κ1) is 35.7. The molecule has 0 aromatic heterocycles. The molecule has 8 rings (SSSR count). The first-order valence-electron chi connectivity index (χ1n) is 16.9. The highest BCUT2D eigenvalue weighted by Gasteiger charge is 2.70. The number of fused-ring (bicyclic) bond motifs is 4. The Balaban J connectivity index is 1.34. The molecule has 6 unspecified atom stereocenters. The highest BCUT2D eigenvalue weighted by atomic mass is 127. The van der Waals surface area contributed by atoms with Gasteiger partial charge in [-0.2, -0.15) is 5.01 Å². The third kappa shape index (κ3) is 5.28. The molecule has 2 N–H and O–H groups in total. The molecule has 3 fully saturated rings. The topological polar surface area (TPSA) is 159 Å². The monoisotopic (exact) mass is 862 g/mol. The summed E-state index contributed by atoms with van der Waals surface area (Å²) in [6.45, 7) is 0. The normalized spacial score (nSPS) is 25.9. The second kappa shape index (κ2) is 13.2. The fourth-order valence-corrected chi connectivity index (χ4v) is 9.70. The van der Waals surface area contributed by atoms with Crippen LogP contribution in [0.4, 0.5) is 21.5 Å². The lowest BCUT2D eigenvalue weighted by molar-refractivity contribution is -0.384. The average Bonchev–Trinajstić information content (AvgIpc) is 3.54. The summed E-state index contributed by atoms with van der Waals surface area (Å²) in [5.41, 5.74) is 2.96. The van der Waals surface area contributed by atoms with Crippen LogP contribution in [0, 0.1) is 43.2 Å². The summed E-state index contributed by atoms with van der Waals surface area (Å²) in [5.74, 6) is -7.33. The number of anilines is 2. The molecule has 12 nitrogen and oxygen atoms in total. The summed E-state index contributed by atoms with van der Waals surface area (Å²) in [6.07, 6.45) is 1.98. The van der Waals surface area contributed by atoms with Crippen LogP contribution in [0.1, 0.15) is 29.9 Å². The number of non-ortho nitro benzene ring substituents is 1. The van der Waals surface area contributed by atoms with Gasteiger partial charge in [0.25, 0.3) is 17.5 Å². The quantitative estimate of drug-likeness (QED) is 0.0663. The number of nitro benzene ring substituents is 1. The van der Waals surface area contributed by atoms with E-state index in [-0.39, 0.29) is 41.4 Å². The number of nitrogens with zero attached hydrogens (tertiary/aromatic N) is 3. The van der Waals surface area contributed by atoms with E-state index in [1.165, 1.54) is 55.6 Å². The number of aromatic hydroxyl groups is 1. The number of phenols is 1. The van der Waals surface area contributed by atoms with Crippen LogP contribution in [0.25, 0.3) is 0 Å². The van der Waals surface area contributed by atoms with E-state index in [1.54, 1.807) is 36.4 Å². The Bertz CT molecular complexity index is 2320. The Labute approximate surface area is 325 Å². The number of carbonyl (C=O) groups excluding carboxylic acids is 4. The predicted molar refractivity (Wildman–Crippen MR) is 202 cm³/mol. The van der Waals surface area contributed by atoms with Crippen LogP contribution in [0.3, 0.4) is 0 Å². The average molecular weight is 863 g/mol. The highest BCUT2D eigenvalue weighted by molar-refractivity contribution is 14.1. The first-order valence-corrected chi connectivity index (χ1v) is 18.4. The molecule has 2 heterocycles. The third-order valence-corrected chi connectivity index (χ3v) is 12.2. The molecule has 54 heavy (non-hydrogen) atoms. The molecule has 2 saturated heterocycles. The number of nitro groups is 1. The van der Waals surface area contributed by atoms with Gasteiger partial charge in [-0.05, 0) is 107 Å². The van der Waals surface area contributed by atoms with Gasteiger partial charge in [0, 0.05) is 23.1 Å². The van der Waals surface area contributed by atoms with E-state index >= 15 is 4.79 Å². The number of phenolic OH excluding ortho intramolecular Hbond substituents is 1. The van der Waals surface area contributed by atoms with E-state index in [1.807, 2.05) is 28.7 Å². The van der Waals surface area contributed by atoms with Crippen LogP contribution in [0.2, 0.25) is 5.02 Å². The number of methoxy groups -OCH3 is 1. The number of imide groups is 2. The summed E-state index contributed by atoms with van der Waals surface area (Å²) in [4.78, 5) is 70.7. The van der Waals surface area contributed by atoms with Gasteiger partial charge < -0.3 is 9.84 Å². The van der Waals surface area contributed by atoms with Crippen molar-refractivity contribution in [2.24, 2.45) is 23.7 Å². The van der Waals surface area contributed by atoms with E-state index in [2.05, 4.69) is 5.43 Å². The molecule has 0 bridgehead atoms. The first-order chi connectivity index (χ1) is 25.9. The molecule has 4 aromatic rings. The van der Waals surface area contributed by atoms with Gasteiger partial charge in [-0.1, -0.05) is 41.4 Å². The number of nitrogens with one attached hydrogen (secondary N) is 1. The number of benzene rings is 4. The molecule has 4 aromatic carbocycles. The lowest BCUT2D eigenvalue weighted by atomic mass is 9.49. The SMILES string of the molecule is COc1cc(C2C3=CCC4C(=O)N(c5cccc([N+](=O)[O-])c5)C(=O)C4C3CC3C(=O)N(Nc4ccc(F)cc4)C(=O)C32c2ccc(Cl)cc2)cc(I)c1O. The number of rotatable bonds is 7. The van der Waals surface area contributed by atoms with Crippen molar-refractivity contribution in [2.75, 3.05) is 17.4 Å². The molecular weight excluding hydrogens is 834 g/mol. The number of halogens is 3. The number of hydrazine groups is 1. The number of ether oxygens (including phenoxy) is 1. The lowest BCUT2D eigenvalue weighted by Gasteiger charge is -2.50. The molecular formula is C39H29ClFIN4O8. The van der Waals surface area contributed by atoms with Crippen LogP contribution in [-0.4, -0.2) is 45.8 Å². The van der Waals surface area contributed by atoms with Crippen molar-refractivity contribution in [3.63, 3.8) is 0 Å². The maximum Gasteiger partial charge on any atom is 0.271 e. The summed E-state index contributed by atoms with van der Waals surface area (Å²) in [6, 6.07) is 20.5. The fourth-order valence-electron chi connectivity index (χ4n) is 8.95. The number of amides is 4. The van der Waals surface area contributed by atoms with E-state index in [0.29, 0.717) is 25.3 Å². The van der Waals surface area contributed by atoms with Crippen molar-refractivity contribution in [3.8, 4) is 11.5 Å². The maximum absolute atomic E-state index is 15.3. The third-order valence-electron chi connectivity index (χ3n) is 11.2. The van der Waals surface area contributed by atoms with Crippen molar-refractivity contribution >= 4 is 74.9 Å². The van der Waals surface area contributed by atoms with Crippen LogP contribution in [-0.2, 0) is 24.6 Å². The summed E-state index contributed by atoms with van der Waals surface area (Å²) in [5, 5.41) is 23.8. The molecule has 2 aliphatic carbocycles. The second-order valence-electron chi connectivity index (χ2n) is 13.7. The predicted octanol–water partition coefficient (Wildman–Crippen LogP) is 6.90. The largest absolute Gasteiger partial charge is 0.504 e. The zero-order valence-electron chi connectivity index (χ0n) is 28.2. The maximum atomic E-state index is 15.3. The number of hydrogen-bond donors (Lipinski definition) is 2. The van der Waals surface area contributed by atoms with Crippen LogP contribution in [0.15, 0.2) is 96.6 Å². The minimum absolute atomic E-state index is 0.00753. The molecule has 15 heteroatoms. The zero-order chi connectivity index (χ0) is 38.2. The van der Waals surface area contributed by atoms with Gasteiger partial charge in [0.15, 0.2) is 11.5 Å². The minimum Gasteiger partial charge on any atom is -0.504 e. The van der Waals surface area contributed by atoms with Gasteiger partial charge in [0.05, 0.1) is 50.1 Å². The smallest absolute Gasteiger partial charge is 0.271 e. The van der Waals surface area contributed by atoms with Crippen LogP contribution in [0.5, 0.6) is 11.5 Å². The summed E-state index contributed by atoms with van der Waals surface area (Å²) in [7, 11) is 1.39. The Morgan fingerprint density at radius 3 is 2.39 bits per heavy atom. The van der Waals surface area contributed by atoms with E-state index in [0.717, 1.165) is 9.91 Å². The Morgan fingerprint density at radius 1 is 0.981 bits per heavy atom. The van der Waals surface area contributed by atoms with Gasteiger partial charge in [-0.15, -0.1) is 0 Å². The van der Waals surface area contributed by atoms with E-state index in [4.69, 9.17) is 16.3 Å². The Hall–Kier alpha value is -5.35. The molecule has 274 valence electrons. The molecule has 1 saturated carbocycles. The fraction of sp³-hybridized carbons (Fsp3) is 0.231. The summed E-state index contributed by atoms with van der Waals surface area (Å²) >= 11 is 8.31. The standard InChI is InChI=1S/C39H29ClFIN4O8/c1-54-31-16-19(15-30(42)34(31)47)33-26-13-14-27-32(37(50)44(35(27)48)24-3-2-4-25(17-24)46(52)53)28(26)18-29-36(49)45(43-23-11-9-22(41)10-12-23)38(51)39(29,33)20-5-7-21(40)8-6-20/h2-13,15-17,27-29,32-33,43,47H,14,18H2,1H3. The van der Waals surface area contributed by atoms with Gasteiger partial charge in [-0.3, -0.25) is 34.7 Å². The lowest BCUT2D eigenvalue weighted by Crippen LogP contribution is -2.53. The Kier molecular flexibility index (Phi) is 8.72. The van der Waals surface area contributed by atoms with E-state index < -0.39 is 69.4 Å². The van der Waals surface area contributed by atoms with Crippen molar-refractivity contribution in [1.29, 1.82) is 0 Å².